The second kappa shape index (κ2) is 19.4. The van der Waals surface area contributed by atoms with E-state index in [1.54, 1.807) is 0 Å². The van der Waals surface area contributed by atoms with E-state index >= 15 is 0 Å². The number of amides is 2. The number of likely N-dealkylation sites (tertiary alicyclic amines) is 2. The highest BCUT2D eigenvalue weighted by molar-refractivity contribution is 9.10. The Labute approximate surface area is 402 Å². The molecule has 14 nitrogen and oxygen atoms in total. The molecule has 2 aromatic heterocycles. The molecular formula is C50H62Br2N6O8. The summed E-state index contributed by atoms with van der Waals surface area (Å²) in [6.45, 7) is 16.9. The van der Waals surface area contributed by atoms with E-state index in [9.17, 15) is 19.2 Å². The Morgan fingerprint density at radius 2 is 1.00 bits per heavy atom. The summed E-state index contributed by atoms with van der Waals surface area (Å²) in [5.74, 6) is -2.99. The maximum Gasteiger partial charge on any atom is 0.335 e. The van der Waals surface area contributed by atoms with Gasteiger partial charge in [0.05, 0.1) is 21.0 Å². The number of hydrogen-bond donors (Lipinski definition) is 6. The van der Waals surface area contributed by atoms with Crippen molar-refractivity contribution in [3.05, 3.63) is 80.0 Å². The monoisotopic (exact) mass is 1030 g/mol. The summed E-state index contributed by atoms with van der Waals surface area (Å²) >= 11 is 7.49. The van der Waals surface area contributed by atoms with Gasteiger partial charge in [0.25, 0.3) is 0 Å². The molecule has 0 bridgehead atoms. The number of fused-ring (bicyclic) bond motifs is 4. The SMILES string of the molecule is CCCN1C[C@H](C(=O)N2[C@@H](C)C[C@@H]2C)C=C2c3cccc4[nH]c(Br)c(c34)C[C@H]21.CCCN1C[C@H](C(=O)N2[C@@H](C)C[C@@H]2C)C=C2c3cccc4[nH]c(Br)c(c34)C[C@H]21.O=C(O)C(O)C(O)C(=O)O. The smallest absolute Gasteiger partial charge is 0.335 e. The number of rotatable bonds is 9. The molecule has 2 fully saturated rings. The molecule has 2 saturated heterocycles. The molecule has 0 radical (unpaired) electrons. The van der Waals surface area contributed by atoms with Crippen LogP contribution >= 0.6 is 31.9 Å². The summed E-state index contributed by atoms with van der Waals surface area (Å²) in [5.41, 5.74) is 10.4. The fourth-order valence-electron chi connectivity index (χ4n) is 11.7. The quantitative estimate of drug-likeness (QED) is 0.101. The molecule has 4 aliphatic heterocycles. The molecule has 4 aromatic rings. The third kappa shape index (κ3) is 8.70. The van der Waals surface area contributed by atoms with Crippen molar-refractivity contribution in [1.29, 1.82) is 0 Å². The number of carbonyl (C=O) groups excluding carboxylic acids is 2. The molecule has 6 N–H and O–H groups in total. The third-order valence-electron chi connectivity index (χ3n) is 14.6. The highest BCUT2D eigenvalue weighted by Gasteiger charge is 2.45. The van der Waals surface area contributed by atoms with Crippen LogP contribution in [0.2, 0.25) is 0 Å². The van der Waals surface area contributed by atoms with Crippen LogP contribution in [-0.2, 0) is 32.0 Å². The Kier molecular flexibility index (Phi) is 14.1. The second-order valence-corrected chi connectivity index (χ2v) is 20.7. The fraction of sp³-hybridized carbons (Fsp3) is 0.520. The lowest BCUT2D eigenvalue weighted by atomic mass is 9.79. The predicted octanol–water partition coefficient (Wildman–Crippen LogP) is 7.06. The van der Waals surface area contributed by atoms with E-state index < -0.39 is 24.1 Å². The van der Waals surface area contributed by atoms with Crippen LogP contribution in [0.3, 0.4) is 0 Å². The van der Waals surface area contributed by atoms with Crippen LogP contribution in [-0.4, -0.2) is 148 Å². The number of carboxylic acids is 2. The Morgan fingerprint density at radius 1 is 0.636 bits per heavy atom. The van der Waals surface area contributed by atoms with Crippen LogP contribution < -0.4 is 0 Å². The van der Waals surface area contributed by atoms with E-state index in [4.69, 9.17) is 20.4 Å². The average Bonchev–Trinajstić information content (AvgIpc) is 3.78. The number of carboxylic acid groups (broad SMARTS) is 2. The van der Waals surface area contributed by atoms with Crippen LogP contribution in [0.25, 0.3) is 33.0 Å². The van der Waals surface area contributed by atoms with E-state index in [2.05, 4.69) is 152 Å². The summed E-state index contributed by atoms with van der Waals surface area (Å²) < 4.78 is 2.21. The van der Waals surface area contributed by atoms with Crippen molar-refractivity contribution in [3.63, 3.8) is 0 Å². The molecule has 10 rings (SSSR count). The summed E-state index contributed by atoms with van der Waals surface area (Å²) in [5, 5.41) is 35.2. The van der Waals surface area contributed by atoms with Crippen LogP contribution in [0.1, 0.15) is 89.5 Å². The highest BCUT2D eigenvalue weighted by atomic mass is 79.9. The fourth-order valence-corrected chi connectivity index (χ4v) is 12.8. The molecule has 6 aliphatic rings. The average molecular weight is 1030 g/mol. The highest BCUT2D eigenvalue weighted by Crippen LogP contribution is 2.46. The van der Waals surface area contributed by atoms with E-state index in [1.807, 2.05) is 0 Å². The molecule has 10 atom stereocenters. The number of hydrogen-bond acceptors (Lipinski definition) is 8. The van der Waals surface area contributed by atoms with E-state index in [-0.39, 0.29) is 11.8 Å². The molecule has 2 unspecified atom stereocenters. The van der Waals surface area contributed by atoms with Crippen molar-refractivity contribution in [1.82, 2.24) is 29.6 Å². The molecule has 0 spiro atoms. The number of nitrogens with one attached hydrogen (secondary N) is 2. The lowest BCUT2D eigenvalue weighted by Crippen LogP contribution is -2.59. The number of aliphatic hydroxyl groups is 2. The van der Waals surface area contributed by atoms with Gasteiger partial charge in [-0.2, -0.15) is 0 Å². The Hall–Kier alpha value is -4.32. The summed E-state index contributed by atoms with van der Waals surface area (Å²) in [6.07, 6.45) is 6.52. The molecule has 0 saturated carbocycles. The lowest BCUT2D eigenvalue weighted by molar-refractivity contribution is -0.165. The number of carbonyl (C=O) groups is 4. The van der Waals surface area contributed by atoms with Gasteiger partial charge in [-0.1, -0.05) is 50.3 Å². The molecule has 2 aliphatic carbocycles. The maximum atomic E-state index is 13.4. The number of nitrogens with zero attached hydrogens (tertiary/aromatic N) is 4. The first-order chi connectivity index (χ1) is 31.4. The predicted molar refractivity (Wildman–Crippen MR) is 262 cm³/mol. The number of aromatic nitrogens is 2. The van der Waals surface area contributed by atoms with Crippen LogP contribution in [0.15, 0.2) is 57.8 Å². The van der Waals surface area contributed by atoms with E-state index in [0.717, 1.165) is 73.9 Å². The first kappa shape index (κ1) is 48.1. The Bertz CT molecular complexity index is 2410. The van der Waals surface area contributed by atoms with Gasteiger partial charge in [-0.25, -0.2) is 9.59 Å². The summed E-state index contributed by atoms with van der Waals surface area (Å²) in [7, 11) is 0. The number of benzene rings is 2. The zero-order chi connectivity index (χ0) is 47.5. The number of aliphatic carboxylic acids is 2. The van der Waals surface area contributed by atoms with Crippen LogP contribution in [0.4, 0.5) is 0 Å². The van der Waals surface area contributed by atoms with Crippen molar-refractivity contribution in [2.75, 3.05) is 26.2 Å². The second-order valence-electron chi connectivity index (χ2n) is 19.1. The van der Waals surface area contributed by atoms with Gasteiger partial charge in [0.15, 0.2) is 12.2 Å². The topological polar surface area (TPSA) is 194 Å². The van der Waals surface area contributed by atoms with Gasteiger partial charge in [-0.15, -0.1) is 0 Å². The van der Waals surface area contributed by atoms with Crippen molar-refractivity contribution >= 4 is 88.6 Å². The largest absolute Gasteiger partial charge is 0.479 e. The molecule has 354 valence electrons. The number of aliphatic hydroxyl groups excluding tert-OH is 2. The third-order valence-corrected chi connectivity index (χ3v) is 16.0. The molecule has 16 heteroatoms. The first-order valence-electron chi connectivity index (χ1n) is 23.4. The summed E-state index contributed by atoms with van der Waals surface area (Å²) in [6, 6.07) is 15.2. The first-order valence-corrected chi connectivity index (χ1v) is 25.0. The maximum absolute atomic E-state index is 13.4. The van der Waals surface area contributed by atoms with Crippen molar-refractivity contribution in [3.8, 4) is 0 Å². The lowest BCUT2D eigenvalue weighted by Gasteiger charge is -2.49. The Morgan fingerprint density at radius 3 is 1.32 bits per heavy atom. The van der Waals surface area contributed by atoms with Crippen LogP contribution in [0.5, 0.6) is 0 Å². The minimum Gasteiger partial charge on any atom is -0.479 e. The summed E-state index contributed by atoms with van der Waals surface area (Å²) in [4.78, 5) is 62.6. The van der Waals surface area contributed by atoms with Gasteiger partial charge in [-0.05, 0) is 157 Å². The van der Waals surface area contributed by atoms with Gasteiger partial charge < -0.3 is 40.2 Å². The molecule has 66 heavy (non-hydrogen) atoms. The molecule has 6 heterocycles. The van der Waals surface area contributed by atoms with Crippen molar-refractivity contribution in [2.24, 2.45) is 11.8 Å². The van der Waals surface area contributed by atoms with E-state index in [0.29, 0.717) is 48.1 Å². The van der Waals surface area contributed by atoms with Crippen LogP contribution in [0, 0.1) is 11.8 Å². The normalized spacial score (nSPS) is 27.4. The minimum atomic E-state index is -2.27. The molecule has 2 aromatic carbocycles. The number of halogens is 2. The van der Waals surface area contributed by atoms with Gasteiger partial charge >= 0.3 is 11.9 Å². The van der Waals surface area contributed by atoms with E-state index in [1.165, 1.54) is 55.2 Å². The van der Waals surface area contributed by atoms with Gasteiger partial charge in [0, 0.05) is 71.1 Å². The van der Waals surface area contributed by atoms with Gasteiger partial charge in [0.2, 0.25) is 11.8 Å². The standard InChI is InChI=1S/2C23H28BrN3O.C4H6O6/c2*1-4-8-26-12-15(23(28)27-13(2)9-14(27)3)10-17-16-6-5-7-19-21(16)18(11-20(17)26)22(24)25-19;5-1(3(7)8)2(6)4(9)10/h2*5-7,10,13-15,20,25H,4,8-9,11-12H2,1-3H3;1-2,5-6H,(H,7,8)(H,9,10)/t2*13-,14-,15+,20+;/m00./s1. The number of aromatic amines is 2. The molecular weight excluding hydrogens is 972 g/mol. The minimum absolute atomic E-state index is 0.0396. The molecule has 2 amide bonds. The Balaban J connectivity index is 0.000000150. The zero-order valence-electron chi connectivity index (χ0n) is 38.4. The van der Waals surface area contributed by atoms with Crippen molar-refractivity contribution in [2.45, 2.75) is 129 Å². The number of H-pyrrole nitrogens is 2. The van der Waals surface area contributed by atoms with Gasteiger partial charge in [0.1, 0.15) is 0 Å². The van der Waals surface area contributed by atoms with Gasteiger partial charge in [-0.3, -0.25) is 19.4 Å². The zero-order valence-corrected chi connectivity index (χ0v) is 41.6. The van der Waals surface area contributed by atoms with Crippen molar-refractivity contribution < 1.29 is 39.6 Å².